The molecular weight excluding hydrogens is 202 g/mol. The fourth-order valence-corrected chi connectivity index (χ4v) is 2.10. The highest BCUT2D eigenvalue weighted by Gasteiger charge is 2.23. The Morgan fingerprint density at radius 3 is 3.00 bits per heavy atom. The lowest BCUT2D eigenvalue weighted by Crippen LogP contribution is -2.34. The molecule has 1 aromatic carbocycles. The molecule has 88 valence electrons. The van der Waals surface area contributed by atoms with E-state index in [1.54, 1.807) is 0 Å². The summed E-state index contributed by atoms with van der Waals surface area (Å²) in [6, 6.07) is 6.25. The summed E-state index contributed by atoms with van der Waals surface area (Å²) >= 11 is 0. The molecule has 0 saturated carbocycles. The highest BCUT2D eigenvalue weighted by atomic mass is 16.5. The molecule has 0 spiro atoms. The smallest absolute Gasteiger partial charge is 0.122 e. The summed E-state index contributed by atoms with van der Waals surface area (Å²) in [5.74, 6) is 0.404. The first kappa shape index (κ1) is 11.4. The van der Waals surface area contributed by atoms with E-state index < -0.39 is 0 Å². The fourth-order valence-electron chi connectivity index (χ4n) is 2.10. The van der Waals surface area contributed by atoms with Crippen molar-refractivity contribution in [1.29, 1.82) is 0 Å². The molecule has 16 heavy (non-hydrogen) atoms. The van der Waals surface area contributed by atoms with Crippen molar-refractivity contribution in [2.24, 2.45) is 0 Å². The van der Waals surface area contributed by atoms with Crippen LogP contribution in [-0.2, 0) is 11.3 Å². The maximum Gasteiger partial charge on any atom is 0.122 e. The lowest BCUT2D eigenvalue weighted by atomic mass is 10.1. The highest BCUT2D eigenvalue weighted by molar-refractivity contribution is 5.39. The molecular formula is C13H19NO2. The average molecular weight is 221 g/mol. The van der Waals surface area contributed by atoms with Gasteiger partial charge in [0.15, 0.2) is 0 Å². The first-order chi connectivity index (χ1) is 7.68. The van der Waals surface area contributed by atoms with E-state index in [1.165, 1.54) is 0 Å². The molecule has 0 bridgehead atoms. The van der Waals surface area contributed by atoms with Gasteiger partial charge >= 0.3 is 0 Å². The number of aromatic hydroxyl groups is 1. The fraction of sp³-hybridized carbons (Fsp3) is 0.538. The van der Waals surface area contributed by atoms with Crippen LogP contribution >= 0.6 is 0 Å². The molecule has 1 aliphatic rings. The van der Waals surface area contributed by atoms with Crippen molar-refractivity contribution >= 4 is 0 Å². The van der Waals surface area contributed by atoms with E-state index in [1.807, 2.05) is 25.1 Å². The minimum atomic E-state index is 0.270. The van der Waals surface area contributed by atoms with Crippen LogP contribution in [0, 0.1) is 6.92 Å². The number of phenolic OH excluding ortho intramolecular Hbond substituents is 1. The van der Waals surface area contributed by atoms with E-state index in [0.717, 1.165) is 24.2 Å². The van der Waals surface area contributed by atoms with Crippen molar-refractivity contribution in [3.05, 3.63) is 29.3 Å². The predicted octanol–water partition coefficient (Wildman–Crippen LogP) is 1.97. The van der Waals surface area contributed by atoms with Crippen molar-refractivity contribution in [1.82, 2.24) is 5.32 Å². The minimum absolute atomic E-state index is 0.270. The van der Waals surface area contributed by atoms with E-state index in [-0.39, 0.29) is 6.10 Å². The third-order valence-electron chi connectivity index (χ3n) is 3.25. The second-order valence-corrected chi connectivity index (χ2v) is 4.43. The van der Waals surface area contributed by atoms with E-state index >= 15 is 0 Å². The summed E-state index contributed by atoms with van der Waals surface area (Å²) in [6.07, 6.45) is 1.32. The third kappa shape index (κ3) is 2.36. The van der Waals surface area contributed by atoms with Crippen molar-refractivity contribution in [2.75, 3.05) is 6.61 Å². The first-order valence-corrected chi connectivity index (χ1v) is 5.81. The second-order valence-electron chi connectivity index (χ2n) is 4.43. The Hall–Kier alpha value is -1.06. The van der Waals surface area contributed by atoms with Crippen molar-refractivity contribution < 1.29 is 9.84 Å². The van der Waals surface area contributed by atoms with Crippen LogP contribution in [0.2, 0.25) is 0 Å². The van der Waals surface area contributed by atoms with Gasteiger partial charge in [-0.05, 0) is 25.8 Å². The molecule has 2 unspecified atom stereocenters. The van der Waals surface area contributed by atoms with Gasteiger partial charge in [0.2, 0.25) is 0 Å². The molecule has 0 aromatic heterocycles. The SMILES string of the molecule is Cc1cccc(CNC2CCOC2C)c1O. The van der Waals surface area contributed by atoms with Crippen molar-refractivity contribution in [3.8, 4) is 5.75 Å². The number of rotatable bonds is 3. The van der Waals surface area contributed by atoms with Crippen LogP contribution in [0.1, 0.15) is 24.5 Å². The number of aryl methyl sites for hydroxylation is 1. The number of hydrogen-bond acceptors (Lipinski definition) is 3. The number of nitrogens with one attached hydrogen (secondary N) is 1. The van der Waals surface area contributed by atoms with Gasteiger partial charge in [0.1, 0.15) is 5.75 Å². The molecule has 1 aliphatic heterocycles. The van der Waals surface area contributed by atoms with Crippen LogP contribution < -0.4 is 5.32 Å². The summed E-state index contributed by atoms with van der Waals surface area (Å²) in [4.78, 5) is 0. The standard InChI is InChI=1S/C13H19NO2/c1-9-4-3-5-11(13(9)15)8-14-12-6-7-16-10(12)2/h3-5,10,12,14-15H,6-8H2,1-2H3. The summed E-state index contributed by atoms with van der Waals surface area (Å²) in [7, 11) is 0. The lowest BCUT2D eigenvalue weighted by Gasteiger charge is -2.16. The quantitative estimate of drug-likeness (QED) is 0.820. The Labute approximate surface area is 96.4 Å². The maximum absolute atomic E-state index is 9.87. The summed E-state index contributed by atoms with van der Waals surface area (Å²) < 4.78 is 5.48. The number of phenols is 1. The van der Waals surface area contributed by atoms with Crippen molar-refractivity contribution in [2.45, 2.75) is 39.0 Å². The Morgan fingerprint density at radius 1 is 1.50 bits per heavy atom. The van der Waals surface area contributed by atoms with Crippen LogP contribution in [0.4, 0.5) is 0 Å². The molecule has 2 atom stereocenters. The molecule has 1 saturated heterocycles. The van der Waals surface area contributed by atoms with Gasteiger partial charge in [0.25, 0.3) is 0 Å². The Morgan fingerprint density at radius 2 is 2.31 bits per heavy atom. The normalized spacial score (nSPS) is 24.9. The molecule has 1 aromatic rings. The zero-order valence-corrected chi connectivity index (χ0v) is 9.86. The molecule has 1 heterocycles. The second kappa shape index (κ2) is 4.85. The number of benzene rings is 1. The van der Waals surface area contributed by atoms with Gasteiger partial charge in [-0.25, -0.2) is 0 Å². The van der Waals surface area contributed by atoms with Gasteiger partial charge in [-0.15, -0.1) is 0 Å². The van der Waals surface area contributed by atoms with Crippen LogP contribution in [0.15, 0.2) is 18.2 Å². The Kier molecular flexibility index (Phi) is 3.46. The Bertz CT molecular complexity index is 365. The van der Waals surface area contributed by atoms with Gasteiger partial charge in [-0.1, -0.05) is 18.2 Å². The van der Waals surface area contributed by atoms with Gasteiger partial charge in [0.05, 0.1) is 6.10 Å². The third-order valence-corrected chi connectivity index (χ3v) is 3.25. The molecule has 0 amide bonds. The molecule has 0 radical (unpaired) electrons. The highest BCUT2D eigenvalue weighted by Crippen LogP contribution is 2.22. The van der Waals surface area contributed by atoms with E-state index in [2.05, 4.69) is 12.2 Å². The molecule has 2 N–H and O–H groups in total. The van der Waals surface area contributed by atoms with Gasteiger partial charge in [0, 0.05) is 24.8 Å². The van der Waals surface area contributed by atoms with Gasteiger partial charge in [-0.3, -0.25) is 0 Å². The first-order valence-electron chi connectivity index (χ1n) is 5.81. The largest absolute Gasteiger partial charge is 0.507 e. The summed E-state index contributed by atoms with van der Waals surface area (Å²) in [6.45, 7) is 5.53. The van der Waals surface area contributed by atoms with Crippen molar-refractivity contribution in [3.63, 3.8) is 0 Å². The average Bonchev–Trinajstić information content (AvgIpc) is 2.67. The molecule has 3 heteroatoms. The minimum Gasteiger partial charge on any atom is -0.507 e. The molecule has 0 aliphatic carbocycles. The Balaban J connectivity index is 1.96. The van der Waals surface area contributed by atoms with E-state index in [4.69, 9.17) is 4.74 Å². The molecule has 3 nitrogen and oxygen atoms in total. The van der Waals surface area contributed by atoms with Gasteiger partial charge < -0.3 is 15.2 Å². The molecule has 2 rings (SSSR count). The van der Waals surface area contributed by atoms with Crippen LogP contribution in [0.25, 0.3) is 0 Å². The van der Waals surface area contributed by atoms with E-state index in [0.29, 0.717) is 18.3 Å². The summed E-state index contributed by atoms with van der Waals surface area (Å²) in [5, 5.41) is 13.3. The van der Waals surface area contributed by atoms with E-state index in [9.17, 15) is 5.11 Å². The zero-order chi connectivity index (χ0) is 11.5. The monoisotopic (exact) mass is 221 g/mol. The van der Waals surface area contributed by atoms with Gasteiger partial charge in [-0.2, -0.15) is 0 Å². The molecule has 1 fully saturated rings. The lowest BCUT2D eigenvalue weighted by molar-refractivity contribution is 0.113. The van der Waals surface area contributed by atoms with Crippen LogP contribution in [0.3, 0.4) is 0 Å². The predicted molar refractivity (Wildman–Crippen MR) is 63.5 cm³/mol. The van der Waals surface area contributed by atoms with Crippen LogP contribution in [-0.4, -0.2) is 23.9 Å². The summed E-state index contributed by atoms with van der Waals surface area (Å²) in [5.41, 5.74) is 1.88. The number of hydrogen-bond donors (Lipinski definition) is 2. The zero-order valence-electron chi connectivity index (χ0n) is 9.86. The van der Waals surface area contributed by atoms with Crippen LogP contribution in [0.5, 0.6) is 5.75 Å². The maximum atomic E-state index is 9.87. The number of ether oxygens (including phenoxy) is 1. The number of para-hydroxylation sites is 1. The topological polar surface area (TPSA) is 41.5 Å².